The molecule has 7 rings (SSSR count). The molecule has 2 saturated carbocycles. The molecule has 2 aliphatic heterocycles. The number of hydrogen-bond donors (Lipinski definition) is 0. The molecule has 0 radical (unpaired) electrons. The first-order valence-corrected chi connectivity index (χ1v) is 19.4. The van der Waals surface area contributed by atoms with Crippen molar-refractivity contribution in [3.63, 3.8) is 0 Å². The van der Waals surface area contributed by atoms with E-state index < -0.39 is 0 Å². The molecule has 0 spiro atoms. The van der Waals surface area contributed by atoms with E-state index in [4.69, 9.17) is 38.9 Å². The van der Waals surface area contributed by atoms with E-state index in [9.17, 15) is 19.2 Å². The molecule has 4 unspecified atom stereocenters. The molecule has 3 aromatic rings. The van der Waals surface area contributed by atoms with Gasteiger partial charge in [-0.1, -0.05) is 40.5 Å². The fourth-order valence-corrected chi connectivity index (χ4v) is 8.28. The number of esters is 4. The van der Waals surface area contributed by atoms with Crippen LogP contribution in [0.2, 0.25) is 0 Å². The quantitative estimate of drug-likeness (QED) is 0.109. The monoisotopic (exact) mass is 824 g/mol. The largest absolute Gasteiger partial charge is 2.00 e. The third kappa shape index (κ3) is 8.13. The van der Waals surface area contributed by atoms with Crippen LogP contribution in [0.5, 0.6) is 0 Å². The SMILES string of the molecule is CCOC(=O)C1CC1C1=C(C)c2cc3[n-]c(cc4[n-]c(cc5nc(cc1n2)C(C)=C5C1CC1C(=O)OCC)c(C)c4CCC(=O)OC)c(CCC(=O)OC)c3C.[Zn+2]. The van der Waals surface area contributed by atoms with Gasteiger partial charge in [-0.05, 0) is 95.6 Å². The molecule has 8 bridgehead atoms. The molecule has 2 fully saturated rings. The number of hydrogen-bond acceptors (Lipinski definition) is 10. The minimum absolute atomic E-state index is 0. The van der Waals surface area contributed by atoms with Crippen molar-refractivity contribution in [1.82, 2.24) is 19.9 Å². The van der Waals surface area contributed by atoms with E-state index in [1.807, 2.05) is 65.8 Å². The van der Waals surface area contributed by atoms with Crippen LogP contribution in [0.15, 0.2) is 24.3 Å². The van der Waals surface area contributed by atoms with Crippen molar-refractivity contribution < 1.29 is 57.6 Å². The number of ether oxygens (including phenoxy) is 4. The van der Waals surface area contributed by atoms with E-state index in [1.54, 1.807) is 0 Å². The second-order valence-corrected chi connectivity index (χ2v) is 14.9. The number of allylic oxidation sites excluding steroid dienone is 4. The second kappa shape index (κ2) is 16.9. The Hall–Kier alpha value is -4.90. The third-order valence-corrected chi connectivity index (χ3v) is 11.6. The van der Waals surface area contributed by atoms with E-state index >= 15 is 0 Å². The number of nitrogens with zero attached hydrogens (tertiary/aromatic N) is 4. The average Bonchev–Trinajstić information content (AvgIpc) is 4.04. The Labute approximate surface area is 345 Å². The molecule has 4 atom stereocenters. The first kappa shape index (κ1) is 41.7. The van der Waals surface area contributed by atoms with Gasteiger partial charge < -0.3 is 28.9 Å². The molecular weight excluding hydrogens is 778 g/mol. The molecule has 13 heteroatoms. The smallest absolute Gasteiger partial charge is 0.657 e. The molecule has 5 heterocycles. The van der Waals surface area contributed by atoms with Gasteiger partial charge in [0.25, 0.3) is 0 Å². The number of aryl methyl sites for hydroxylation is 4. The molecule has 0 aromatic carbocycles. The summed E-state index contributed by atoms with van der Waals surface area (Å²) in [5, 5.41) is 0. The number of fused-ring (bicyclic) bond motifs is 8. The molecule has 12 nitrogen and oxygen atoms in total. The van der Waals surface area contributed by atoms with Crippen LogP contribution in [-0.4, -0.2) is 61.3 Å². The van der Waals surface area contributed by atoms with Gasteiger partial charge in [0.1, 0.15) is 0 Å². The van der Waals surface area contributed by atoms with E-state index in [1.165, 1.54) is 14.2 Å². The topological polar surface area (TPSA) is 159 Å². The first-order valence-electron chi connectivity index (χ1n) is 19.4. The van der Waals surface area contributed by atoms with Gasteiger partial charge in [0.05, 0.1) is 62.0 Å². The summed E-state index contributed by atoms with van der Waals surface area (Å²) < 4.78 is 20.8. The van der Waals surface area contributed by atoms with E-state index in [0.29, 0.717) is 66.7 Å². The van der Waals surface area contributed by atoms with E-state index in [0.717, 1.165) is 61.6 Å². The van der Waals surface area contributed by atoms with Crippen LogP contribution < -0.4 is 9.97 Å². The summed E-state index contributed by atoms with van der Waals surface area (Å²) in [6.07, 6.45) is 2.44. The minimum Gasteiger partial charge on any atom is -0.657 e. The molecule has 2 aliphatic carbocycles. The van der Waals surface area contributed by atoms with Gasteiger partial charge >= 0.3 is 43.4 Å². The number of methoxy groups -OCH3 is 2. The van der Waals surface area contributed by atoms with Crippen LogP contribution in [0.4, 0.5) is 0 Å². The summed E-state index contributed by atoms with van der Waals surface area (Å²) in [7, 11) is 2.75. The molecular formula is C44H48N4O8Zn. The molecule has 0 amide bonds. The molecule has 57 heavy (non-hydrogen) atoms. The molecule has 0 saturated heterocycles. The second-order valence-electron chi connectivity index (χ2n) is 14.9. The van der Waals surface area contributed by atoms with Crippen molar-refractivity contribution in [1.29, 1.82) is 0 Å². The van der Waals surface area contributed by atoms with Crippen molar-refractivity contribution in [2.24, 2.45) is 23.7 Å². The molecule has 4 aliphatic rings. The van der Waals surface area contributed by atoms with Gasteiger partial charge in [0.15, 0.2) is 0 Å². The maximum atomic E-state index is 12.9. The predicted molar refractivity (Wildman–Crippen MR) is 211 cm³/mol. The first-order chi connectivity index (χ1) is 26.9. The van der Waals surface area contributed by atoms with Crippen molar-refractivity contribution in [3.05, 3.63) is 69.3 Å². The van der Waals surface area contributed by atoms with Crippen LogP contribution in [0.25, 0.3) is 44.4 Å². The summed E-state index contributed by atoms with van der Waals surface area (Å²) in [4.78, 5) is 71.2. The van der Waals surface area contributed by atoms with Crippen molar-refractivity contribution in [2.45, 2.75) is 80.1 Å². The van der Waals surface area contributed by atoms with Gasteiger partial charge in [0.2, 0.25) is 0 Å². The zero-order valence-electron chi connectivity index (χ0n) is 34.0. The molecule has 3 aromatic heterocycles. The number of rotatable bonds is 12. The summed E-state index contributed by atoms with van der Waals surface area (Å²) in [6.45, 7) is 12.3. The summed E-state index contributed by atoms with van der Waals surface area (Å²) in [5.74, 6) is -1.73. The fourth-order valence-electron chi connectivity index (χ4n) is 8.28. The van der Waals surface area contributed by atoms with Gasteiger partial charge in [0, 0.05) is 24.7 Å². The number of aromatic nitrogens is 4. The summed E-state index contributed by atoms with van der Waals surface area (Å²) in [5.41, 5.74) is 13.0. The summed E-state index contributed by atoms with van der Waals surface area (Å²) >= 11 is 0. The minimum atomic E-state index is -0.330. The van der Waals surface area contributed by atoms with Crippen LogP contribution in [-0.2, 0) is 70.4 Å². The van der Waals surface area contributed by atoms with Gasteiger partial charge in [-0.15, -0.1) is 22.1 Å². The van der Waals surface area contributed by atoms with Gasteiger partial charge in [-0.25, -0.2) is 9.97 Å². The fraction of sp³-hybridized carbons (Fsp3) is 0.455. The van der Waals surface area contributed by atoms with Crippen LogP contribution in [0, 0.1) is 37.5 Å². The maximum Gasteiger partial charge on any atom is 2.00 e. The number of carbonyl (C=O) groups excluding carboxylic acids is 4. The third-order valence-electron chi connectivity index (χ3n) is 11.6. The standard InChI is InChI=1S/C44H48N4O8.Zn/c1-9-55-43(51)29-15-27(29)41-23(5)33-17-31-21(3)25(11-13-39(49)53-7)35(45-31)20-36-26(12-14-40(50)54-8)22(4)32(46-36)18-37-42(28-16-30(28)44(52)56-10-2)24(6)34(48-37)19-38(41)47-33;/h17-20,27-30H,9-16H2,1-8H3;/q-2;+2. The van der Waals surface area contributed by atoms with Crippen LogP contribution in [0.3, 0.4) is 0 Å². The van der Waals surface area contributed by atoms with Gasteiger partial charge in [-0.2, -0.15) is 0 Å². The zero-order chi connectivity index (χ0) is 40.0. The normalized spacial score (nSPS) is 19.5. The Bertz CT molecular complexity index is 2390. The van der Waals surface area contributed by atoms with Crippen molar-refractivity contribution >= 4 is 68.2 Å². The summed E-state index contributed by atoms with van der Waals surface area (Å²) in [6, 6.07) is 7.86. The zero-order valence-corrected chi connectivity index (χ0v) is 37.0. The number of carbonyl (C=O) groups is 4. The molecule has 294 valence electrons. The van der Waals surface area contributed by atoms with Crippen molar-refractivity contribution in [3.8, 4) is 0 Å². The predicted octanol–water partition coefficient (Wildman–Crippen LogP) is 6.66. The average molecular weight is 826 g/mol. The van der Waals surface area contributed by atoms with Crippen LogP contribution in [0.1, 0.15) is 98.4 Å². The maximum absolute atomic E-state index is 12.9. The Balaban J connectivity index is 0.00000549. The molecule has 0 N–H and O–H groups in total. The Morgan fingerprint density at radius 2 is 1.02 bits per heavy atom. The Kier molecular flexibility index (Phi) is 12.4. The van der Waals surface area contributed by atoms with E-state index in [2.05, 4.69) is 0 Å². The van der Waals surface area contributed by atoms with Crippen molar-refractivity contribution in [2.75, 3.05) is 27.4 Å². The van der Waals surface area contributed by atoms with E-state index in [-0.39, 0.29) is 79.9 Å². The Morgan fingerprint density at radius 3 is 1.44 bits per heavy atom. The van der Waals surface area contributed by atoms with Crippen LogP contribution >= 0.6 is 0 Å². The Morgan fingerprint density at radius 1 is 0.614 bits per heavy atom. The van der Waals surface area contributed by atoms with Gasteiger partial charge in [-0.3, -0.25) is 19.2 Å².